The highest BCUT2D eigenvalue weighted by molar-refractivity contribution is 9.10. The van der Waals surface area contributed by atoms with E-state index in [0.717, 1.165) is 15.4 Å². The summed E-state index contributed by atoms with van der Waals surface area (Å²) in [6, 6.07) is 16.2. The Morgan fingerprint density at radius 2 is 1.97 bits per heavy atom. The van der Waals surface area contributed by atoms with E-state index in [1.165, 1.54) is 6.21 Å². The van der Waals surface area contributed by atoms with Gasteiger partial charge in [-0.25, -0.2) is 5.43 Å². The molecule has 1 aliphatic heterocycles. The van der Waals surface area contributed by atoms with E-state index in [1.54, 1.807) is 24.3 Å². The number of ether oxygens (including phenoxy) is 4. The van der Waals surface area contributed by atoms with E-state index in [2.05, 4.69) is 26.5 Å². The predicted molar refractivity (Wildman–Crippen MR) is 138 cm³/mol. The van der Waals surface area contributed by atoms with Crippen LogP contribution >= 0.6 is 27.5 Å². The number of carbonyl (C=O) groups is 1. The van der Waals surface area contributed by atoms with E-state index < -0.39 is 5.91 Å². The van der Waals surface area contributed by atoms with Gasteiger partial charge in [0.05, 0.1) is 17.8 Å². The van der Waals surface area contributed by atoms with Crippen LogP contribution in [0, 0.1) is 0 Å². The van der Waals surface area contributed by atoms with Crippen molar-refractivity contribution in [3.63, 3.8) is 0 Å². The van der Waals surface area contributed by atoms with Gasteiger partial charge in [0, 0.05) is 9.86 Å². The molecule has 2 heterocycles. The monoisotopic (exact) mass is 570 g/mol. The number of halogens is 2. The van der Waals surface area contributed by atoms with Crippen molar-refractivity contribution in [1.29, 1.82) is 0 Å². The number of furan rings is 1. The molecule has 0 fully saturated rings. The summed E-state index contributed by atoms with van der Waals surface area (Å²) in [5, 5.41) is 5.18. The summed E-state index contributed by atoms with van der Waals surface area (Å²) in [4.78, 5) is 12.5. The van der Waals surface area contributed by atoms with Gasteiger partial charge in [0.2, 0.25) is 6.79 Å². The fourth-order valence-corrected chi connectivity index (χ4v) is 4.25. The molecule has 0 saturated heterocycles. The van der Waals surface area contributed by atoms with Crippen LogP contribution in [0.3, 0.4) is 0 Å². The van der Waals surface area contributed by atoms with E-state index >= 15 is 0 Å². The zero-order valence-corrected chi connectivity index (χ0v) is 21.4. The molecular formula is C26H20BrClN2O6. The lowest BCUT2D eigenvalue weighted by atomic mass is 10.2. The van der Waals surface area contributed by atoms with Gasteiger partial charge in [-0.15, -0.1) is 0 Å². The van der Waals surface area contributed by atoms with Crippen molar-refractivity contribution >= 4 is 50.6 Å². The van der Waals surface area contributed by atoms with Crippen LogP contribution in [0.5, 0.6) is 23.0 Å². The van der Waals surface area contributed by atoms with Gasteiger partial charge >= 0.3 is 5.91 Å². The van der Waals surface area contributed by atoms with Crippen LogP contribution in [-0.2, 0) is 6.61 Å². The van der Waals surface area contributed by atoms with Crippen molar-refractivity contribution in [3.8, 4) is 23.0 Å². The van der Waals surface area contributed by atoms with Crippen LogP contribution < -0.4 is 24.4 Å². The van der Waals surface area contributed by atoms with E-state index in [4.69, 9.17) is 35.0 Å². The first-order chi connectivity index (χ1) is 17.5. The van der Waals surface area contributed by atoms with Crippen LogP contribution in [0.25, 0.3) is 11.0 Å². The zero-order chi connectivity index (χ0) is 25.1. The van der Waals surface area contributed by atoms with Crippen LogP contribution in [0.2, 0.25) is 5.02 Å². The molecule has 10 heteroatoms. The normalized spacial score (nSPS) is 12.3. The van der Waals surface area contributed by atoms with E-state index in [0.29, 0.717) is 45.8 Å². The number of benzene rings is 3. The summed E-state index contributed by atoms with van der Waals surface area (Å²) in [6.07, 6.45) is 1.47. The van der Waals surface area contributed by atoms with E-state index in [1.807, 2.05) is 37.3 Å². The Hall–Kier alpha value is -3.69. The number of nitrogens with zero attached hydrogens (tertiary/aromatic N) is 1. The number of carbonyl (C=O) groups excluding carboxylic acids is 1. The molecule has 1 aromatic heterocycles. The summed E-state index contributed by atoms with van der Waals surface area (Å²) < 4.78 is 28.9. The minimum absolute atomic E-state index is 0.153. The second-order valence-corrected chi connectivity index (χ2v) is 9.05. The highest BCUT2D eigenvalue weighted by Crippen LogP contribution is 2.38. The third-order valence-corrected chi connectivity index (χ3v) is 6.01. The van der Waals surface area contributed by atoms with Crippen molar-refractivity contribution in [2.24, 2.45) is 5.10 Å². The summed E-state index contributed by atoms with van der Waals surface area (Å²) in [5.41, 5.74) is 4.58. The second kappa shape index (κ2) is 10.5. The number of nitrogens with one attached hydrogen (secondary N) is 1. The Bertz CT molecular complexity index is 1470. The van der Waals surface area contributed by atoms with Crippen LogP contribution in [-0.4, -0.2) is 25.5 Å². The molecule has 1 aliphatic rings. The lowest BCUT2D eigenvalue weighted by molar-refractivity contribution is 0.0929. The molecule has 184 valence electrons. The number of fused-ring (bicyclic) bond motifs is 2. The molecule has 0 spiro atoms. The first-order valence-electron chi connectivity index (χ1n) is 11.0. The lowest BCUT2D eigenvalue weighted by Crippen LogP contribution is -2.16. The molecule has 36 heavy (non-hydrogen) atoms. The molecule has 0 bridgehead atoms. The van der Waals surface area contributed by atoms with E-state index in [-0.39, 0.29) is 19.2 Å². The molecule has 5 rings (SSSR count). The van der Waals surface area contributed by atoms with Crippen molar-refractivity contribution in [2.45, 2.75) is 13.5 Å². The maximum atomic E-state index is 12.5. The third kappa shape index (κ3) is 5.27. The predicted octanol–water partition coefficient (Wildman–Crippen LogP) is 6.32. The number of rotatable bonds is 8. The van der Waals surface area contributed by atoms with Crippen molar-refractivity contribution in [1.82, 2.24) is 5.43 Å². The molecule has 0 atom stereocenters. The average Bonchev–Trinajstić information content (AvgIpc) is 3.50. The smallest absolute Gasteiger partial charge is 0.307 e. The van der Waals surface area contributed by atoms with Crippen LogP contribution in [0.4, 0.5) is 0 Å². The summed E-state index contributed by atoms with van der Waals surface area (Å²) >= 11 is 9.91. The van der Waals surface area contributed by atoms with Gasteiger partial charge in [0.25, 0.3) is 0 Å². The van der Waals surface area contributed by atoms with Gasteiger partial charge in [-0.2, -0.15) is 5.10 Å². The van der Waals surface area contributed by atoms with Crippen molar-refractivity contribution < 1.29 is 28.2 Å². The Balaban J connectivity index is 1.27. The largest absolute Gasteiger partial charge is 0.490 e. The summed E-state index contributed by atoms with van der Waals surface area (Å²) in [5.74, 6) is 1.93. The summed E-state index contributed by atoms with van der Waals surface area (Å²) in [6.45, 7) is 2.74. The molecule has 0 aliphatic carbocycles. The molecular weight excluding hydrogens is 552 g/mol. The van der Waals surface area contributed by atoms with Crippen molar-refractivity contribution in [3.05, 3.63) is 81.0 Å². The molecule has 0 radical (unpaired) electrons. The SMILES string of the molecule is CCOc1cc(/C=N/NC(=O)c2cc3cc(Br)ccc3o2)cc(Cl)c1OCc1ccc2c(c1)OCO2. The molecule has 0 saturated carbocycles. The zero-order valence-electron chi connectivity index (χ0n) is 19.0. The molecule has 8 nitrogen and oxygen atoms in total. The maximum absolute atomic E-state index is 12.5. The second-order valence-electron chi connectivity index (χ2n) is 7.73. The molecule has 1 amide bonds. The van der Waals surface area contributed by atoms with Gasteiger partial charge in [0.15, 0.2) is 28.8 Å². The Labute approximate surface area is 219 Å². The Kier molecular flexibility index (Phi) is 7.02. The highest BCUT2D eigenvalue weighted by Gasteiger charge is 2.16. The fraction of sp³-hybridized carbons (Fsp3) is 0.154. The number of hydrogen-bond donors (Lipinski definition) is 1. The van der Waals surface area contributed by atoms with Gasteiger partial charge in [-0.3, -0.25) is 4.79 Å². The minimum Gasteiger partial charge on any atom is -0.490 e. The Morgan fingerprint density at radius 3 is 2.83 bits per heavy atom. The molecule has 3 aromatic carbocycles. The Morgan fingerprint density at radius 1 is 1.11 bits per heavy atom. The molecule has 4 aromatic rings. The summed E-state index contributed by atoms with van der Waals surface area (Å²) in [7, 11) is 0. The van der Waals surface area contributed by atoms with Gasteiger partial charge in [0.1, 0.15) is 12.2 Å². The van der Waals surface area contributed by atoms with E-state index in [9.17, 15) is 4.79 Å². The minimum atomic E-state index is -0.474. The molecule has 0 unspecified atom stereocenters. The van der Waals surface area contributed by atoms with Crippen LogP contribution in [0.1, 0.15) is 28.6 Å². The quantitative estimate of drug-likeness (QED) is 0.197. The lowest BCUT2D eigenvalue weighted by Gasteiger charge is -2.14. The maximum Gasteiger partial charge on any atom is 0.307 e. The standard InChI is InChI=1S/C26H20BrClN2O6/c1-2-32-23-9-16(12-29-30-26(31)24-11-17-10-18(27)4-6-20(17)36-24)7-19(28)25(23)33-13-15-3-5-21-22(8-15)35-14-34-21/h3-12H,2,13-14H2,1H3,(H,30,31)/b29-12+. The topological polar surface area (TPSA) is 91.5 Å². The third-order valence-electron chi connectivity index (χ3n) is 5.23. The number of amides is 1. The van der Waals surface area contributed by atoms with Gasteiger partial charge in [-0.1, -0.05) is 33.6 Å². The van der Waals surface area contributed by atoms with Gasteiger partial charge in [-0.05, 0) is 66.6 Å². The van der Waals surface area contributed by atoms with Crippen LogP contribution in [0.15, 0.2) is 68.6 Å². The van der Waals surface area contributed by atoms with Gasteiger partial charge < -0.3 is 23.4 Å². The fourth-order valence-electron chi connectivity index (χ4n) is 3.60. The first kappa shape index (κ1) is 24.0. The van der Waals surface area contributed by atoms with Crippen molar-refractivity contribution in [2.75, 3.05) is 13.4 Å². The number of hydrogen-bond acceptors (Lipinski definition) is 7. The molecule has 1 N–H and O–H groups in total. The number of hydrazone groups is 1. The first-order valence-corrected chi connectivity index (χ1v) is 12.2. The average molecular weight is 572 g/mol. The highest BCUT2D eigenvalue weighted by atomic mass is 79.9.